The number of ether oxygens (including phenoxy) is 1. The zero-order chi connectivity index (χ0) is 21.7. The molecule has 0 bridgehead atoms. The highest BCUT2D eigenvalue weighted by molar-refractivity contribution is 9.10. The summed E-state index contributed by atoms with van der Waals surface area (Å²) in [6.07, 6.45) is 2.73. The van der Waals surface area contributed by atoms with E-state index >= 15 is 0 Å². The van der Waals surface area contributed by atoms with Gasteiger partial charge in [-0.1, -0.05) is 22.4 Å². The molecule has 1 aliphatic rings. The van der Waals surface area contributed by atoms with Crippen LogP contribution in [0.5, 0.6) is 5.75 Å². The van der Waals surface area contributed by atoms with Crippen LogP contribution in [0, 0.1) is 0 Å². The molecule has 30 heavy (non-hydrogen) atoms. The van der Waals surface area contributed by atoms with Gasteiger partial charge in [-0.3, -0.25) is 4.79 Å². The van der Waals surface area contributed by atoms with E-state index in [4.69, 9.17) is 4.74 Å². The van der Waals surface area contributed by atoms with Gasteiger partial charge in [0.05, 0.1) is 4.90 Å². The number of nitrogens with zero attached hydrogens (tertiary/aromatic N) is 1. The topological polar surface area (TPSA) is 113 Å². The van der Waals surface area contributed by atoms with Crippen molar-refractivity contribution in [2.75, 3.05) is 25.0 Å². The van der Waals surface area contributed by atoms with Crippen molar-refractivity contribution in [2.45, 2.75) is 24.2 Å². The quantitative estimate of drug-likeness (QED) is 0.593. The molecule has 0 aliphatic carbocycles. The Morgan fingerprint density at radius 1 is 1.07 bits per heavy atom. The number of hydrogen-bond donors (Lipinski definition) is 2. The summed E-state index contributed by atoms with van der Waals surface area (Å²) < 4.78 is 32.3. The minimum absolute atomic E-state index is 0.0653. The molecule has 0 saturated carbocycles. The SMILES string of the molecule is O=C(COC(=O)c1cc(Br)ccc1O)Nc1ccc(S(=O)(=O)N2CCCCC2)cc1. The number of nitrogens with one attached hydrogen (secondary N) is 1. The molecular weight excluding hydrogens is 476 g/mol. The Morgan fingerprint density at radius 3 is 2.40 bits per heavy atom. The van der Waals surface area contributed by atoms with Gasteiger partial charge in [0.1, 0.15) is 11.3 Å². The molecule has 0 atom stereocenters. The summed E-state index contributed by atoms with van der Waals surface area (Å²) in [5, 5.41) is 12.3. The average Bonchev–Trinajstić information content (AvgIpc) is 2.75. The fraction of sp³-hybridized carbons (Fsp3) is 0.300. The van der Waals surface area contributed by atoms with E-state index in [1.54, 1.807) is 6.07 Å². The third-order valence-corrected chi connectivity index (χ3v) is 7.01. The maximum absolute atomic E-state index is 12.6. The fourth-order valence-corrected chi connectivity index (χ4v) is 4.92. The van der Waals surface area contributed by atoms with E-state index < -0.39 is 28.5 Å². The molecule has 0 spiro atoms. The molecule has 1 amide bonds. The number of halogens is 1. The average molecular weight is 497 g/mol. The predicted octanol–water partition coefficient (Wildman–Crippen LogP) is 3.12. The minimum atomic E-state index is -3.54. The second-order valence-corrected chi connectivity index (χ2v) is 9.63. The van der Waals surface area contributed by atoms with E-state index in [2.05, 4.69) is 21.2 Å². The third-order valence-electron chi connectivity index (χ3n) is 4.60. The van der Waals surface area contributed by atoms with Gasteiger partial charge in [0.25, 0.3) is 5.91 Å². The third kappa shape index (κ3) is 5.38. The molecule has 1 aliphatic heterocycles. The van der Waals surface area contributed by atoms with Gasteiger partial charge in [0.15, 0.2) is 6.61 Å². The molecular formula is C20H21BrN2O6S. The molecule has 0 radical (unpaired) electrons. The zero-order valence-corrected chi connectivity index (χ0v) is 18.4. The van der Waals surface area contributed by atoms with Crippen molar-refractivity contribution in [3.63, 3.8) is 0 Å². The number of sulfonamides is 1. The van der Waals surface area contributed by atoms with Crippen molar-refractivity contribution in [3.8, 4) is 5.75 Å². The van der Waals surface area contributed by atoms with Crippen LogP contribution in [0.2, 0.25) is 0 Å². The Labute approximate surface area is 183 Å². The molecule has 3 rings (SSSR count). The molecule has 1 saturated heterocycles. The highest BCUT2D eigenvalue weighted by Gasteiger charge is 2.25. The number of phenols is 1. The number of rotatable bonds is 6. The highest BCUT2D eigenvalue weighted by atomic mass is 79.9. The standard InChI is InChI=1S/C20H21BrN2O6S/c21-14-4-9-18(24)17(12-14)20(26)29-13-19(25)22-15-5-7-16(8-6-15)30(27,28)23-10-2-1-3-11-23/h4-9,12,24H,1-3,10-11,13H2,(H,22,25). The van der Waals surface area contributed by atoms with Gasteiger partial charge >= 0.3 is 5.97 Å². The van der Waals surface area contributed by atoms with Crippen LogP contribution in [-0.4, -0.2) is 49.4 Å². The molecule has 1 heterocycles. The van der Waals surface area contributed by atoms with E-state index in [9.17, 15) is 23.1 Å². The Hall–Kier alpha value is -2.43. The first-order chi connectivity index (χ1) is 14.3. The minimum Gasteiger partial charge on any atom is -0.507 e. The van der Waals surface area contributed by atoms with Gasteiger partial charge in [-0.05, 0) is 55.3 Å². The second-order valence-electron chi connectivity index (χ2n) is 6.77. The number of carbonyl (C=O) groups is 2. The zero-order valence-electron chi connectivity index (χ0n) is 16.0. The van der Waals surface area contributed by atoms with Gasteiger partial charge in [0, 0.05) is 23.2 Å². The van der Waals surface area contributed by atoms with E-state index in [-0.39, 0.29) is 16.2 Å². The largest absolute Gasteiger partial charge is 0.507 e. The number of phenolic OH excluding ortho intramolecular Hbond substituents is 1. The Kier molecular flexibility index (Phi) is 7.11. The number of amides is 1. The lowest BCUT2D eigenvalue weighted by Crippen LogP contribution is -2.35. The van der Waals surface area contributed by atoms with Crippen molar-refractivity contribution < 1.29 is 27.9 Å². The van der Waals surface area contributed by atoms with Gasteiger partial charge in [-0.2, -0.15) is 4.31 Å². The Bertz CT molecular complexity index is 1030. The van der Waals surface area contributed by atoms with Crippen LogP contribution in [0.3, 0.4) is 0 Å². The smallest absolute Gasteiger partial charge is 0.342 e. The normalized spacial score (nSPS) is 14.8. The summed E-state index contributed by atoms with van der Waals surface area (Å²) in [4.78, 5) is 24.2. The van der Waals surface area contributed by atoms with E-state index in [1.165, 1.54) is 40.7 Å². The van der Waals surface area contributed by atoms with Crippen LogP contribution in [0.1, 0.15) is 29.6 Å². The molecule has 10 heteroatoms. The van der Waals surface area contributed by atoms with Crippen molar-refractivity contribution in [2.24, 2.45) is 0 Å². The van der Waals surface area contributed by atoms with Gasteiger partial charge in [-0.25, -0.2) is 13.2 Å². The summed E-state index contributed by atoms with van der Waals surface area (Å²) in [6.45, 7) is 0.470. The predicted molar refractivity (Wildman–Crippen MR) is 114 cm³/mol. The molecule has 160 valence electrons. The Balaban J connectivity index is 1.57. The van der Waals surface area contributed by atoms with Crippen molar-refractivity contribution in [1.29, 1.82) is 0 Å². The number of carbonyl (C=O) groups excluding carboxylic acids is 2. The first-order valence-electron chi connectivity index (χ1n) is 9.33. The number of esters is 1. The first kappa shape index (κ1) is 22.3. The molecule has 0 aromatic heterocycles. The van der Waals surface area contributed by atoms with Gasteiger partial charge in [-0.15, -0.1) is 0 Å². The second kappa shape index (κ2) is 9.59. The molecule has 2 N–H and O–H groups in total. The molecule has 0 unspecified atom stereocenters. The summed E-state index contributed by atoms with van der Waals surface area (Å²) in [5.74, 6) is -1.69. The van der Waals surface area contributed by atoms with Crippen LogP contribution >= 0.6 is 15.9 Å². The molecule has 2 aromatic carbocycles. The molecule has 8 nitrogen and oxygen atoms in total. The number of piperidine rings is 1. The monoisotopic (exact) mass is 496 g/mol. The van der Waals surface area contributed by atoms with E-state index in [0.717, 1.165) is 19.3 Å². The number of aromatic hydroxyl groups is 1. The summed E-state index contributed by atoms with van der Waals surface area (Å²) in [6, 6.07) is 10.1. The maximum Gasteiger partial charge on any atom is 0.342 e. The highest BCUT2D eigenvalue weighted by Crippen LogP contribution is 2.23. The lowest BCUT2D eigenvalue weighted by atomic mass is 10.2. The van der Waals surface area contributed by atoms with Gasteiger partial charge in [0.2, 0.25) is 10.0 Å². The van der Waals surface area contributed by atoms with E-state index in [1.807, 2.05) is 0 Å². The lowest BCUT2D eigenvalue weighted by molar-refractivity contribution is -0.119. The first-order valence-corrected chi connectivity index (χ1v) is 11.6. The van der Waals surface area contributed by atoms with Crippen molar-refractivity contribution >= 4 is 43.5 Å². The molecule has 1 fully saturated rings. The van der Waals surface area contributed by atoms with Gasteiger partial charge < -0.3 is 15.2 Å². The molecule has 2 aromatic rings. The lowest BCUT2D eigenvalue weighted by Gasteiger charge is -2.25. The van der Waals surface area contributed by atoms with Crippen molar-refractivity contribution in [1.82, 2.24) is 4.31 Å². The summed E-state index contributed by atoms with van der Waals surface area (Å²) in [5.41, 5.74) is 0.309. The van der Waals surface area contributed by atoms with Crippen LogP contribution in [-0.2, 0) is 19.6 Å². The van der Waals surface area contributed by atoms with Crippen LogP contribution < -0.4 is 5.32 Å². The number of anilines is 1. The Morgan fingerprint density at radius 2 is 1.73 bits per heavy atom. The summed E-state index contributed by atoms with van der Waals surface area (Å²) in [7, 11) is -3.54. The summed E-state index contributed by atoms with van der Waals surface area (Å²) >= 11 is 3.19. The van der Waals surface area contributed by atoms with Crippen LogP contribution in [0.4, 0.5) is 5.69 Å². The number of benzene rings is 2. The maximum atomic E-state index is 12.6. The number of hydrogen-bond acceptors (Lipinski definition) is 6. The van der Waals surface area contributed by atoms with E-state index in [0.29, 0.717) is 23.2 Å². The van der Waals surface area contributed by atoms with Crippen molar-refractivity contribution in [3.05, 3.63) is 52.5 Å². The fourth-order valence-electron chi connectivity index (χ4n) is 3.04. The van der Waals surface area contributed by atoms with Crippen LogP contribution in [0.15, 0.2) is 51.8 Å². The van der Waals surface area contributed by atoms with Crippen LogP contribution in [0.25, 0.3) is 0 Å².